The minimum Gasteiger partial charge on any atom is -0.309 e. The molecule has 0 amide bonds. The summed E-state index contributed by atoms with van der Waals surface area (Å²) in [5.74, 6) is 0. The van der Waals surface area contributed by atoms with Gasteiger partial charge in [-0.3, -0.25) is 4.57 Å². The molecule has 1 unspecified atom stereocenters. The van der Waals surface area contributed by atoms with E-state index in [1.807, 2.05) is 43.9 Å². The fourth-order valence-corrected chi connectivity index (χ4v) is 9.14. The minimum absolute atomic E-state index is 0.257. The predicted molar refractivity (Wildman–Crippen MR) is 91.1 cm³/mol. The molecule has 1 aromatic rings. The summed E-state index contributed by atoms with van der Waals surface area (Å²) in [7, 11) is -5.88. The molecule has 1 atom stereocenters. The molecule has 0 radical (unpaired) electrons. The van der Waals surface area contributed by atoms with E-state index in [1.54, 1.807) is 13.8 Å². The van der Waals surface area contributed by atoms with Crippen LogP contribution in [0.2, 0.25) is 19.6 Å². The van der Waals surface area contributed by atoms with Crippen LogP contribution in [0, 0.1) is 0 Å². The lowest BCUT2D eigenvalue weighted by Crippen LogP contribution is -2.32. The summed E-state index contributed by atoms with van der Waals surface area (Å²) in [6.07, 6.45) is 0. The molecule has 114 valence electrons. The Morgan fingerprint density at radius 2 is 1.75 bits per heavy atom. The van der Waals surface area contributed by atoms with Gasteiger partial charge in [0.1, 0.15) is 0 Å². The fourth-order valence-electron chi connectivity index (χ4n) is 2.12. The molecule has 1 rings (SSSR count). The van der Waals surface area contributed by atoms with Crippen LogP contribution < -0.4 is 0 Å². The Kier molecular flexibility index (Phi) is 6.05. The van der Waals surface area contributed by atoms with Crippen LogP contribution in [0.5, 0.6) is 0 Å². The van der Waals surface area contributed by atoms with E-state index < -0.39 is 20.9 Å². The maximum Gasteiger partial charge on any atom is 0.335 e. The predicted octanol–water partition coefficient (Wildman–Crippen LogP) is 5.63. The minimum atomic E-state index is -3.61. The standard InChI is InChI=1S/C14H24BrO3PSi/c1-6-17-19(16,18-7-2)14(20(3,4)5)12-10-8-9-11-13(12)15/h8-11,14H,6-7H2,1-5H3/i14D. The van der Waals surface area contributed by atoms with Crippen LogP contribution in [-0.2, 0) is 13.6 Å². The molecule has 20 heavy (non-hydrogen) atoms. The molecule has 0 N–H and O–H groups in total. The van der Waals surface area contributed by atoms with Gasteiger partial charge in [-0.1, -0.05) is 53.8 Å². The van der Waals surface area contributed by atoms with E-state index in [9.17, 15) is 4.57 Å². The summed E-state index contributed by atoms with van der Waals surface area (Å²) >= 11 is 3.49. The highest BCUT2D eigenvalue weighted by Gasteiger charge is 2.46. The third-order valence-corrected chi connectivity index (χ3v) is 9.91. The second-order valence-corrected chi connectivity index (χ2v) is 13.6. The average molecular weight is 380 g/mol. The molecule has 6 heteroatoms. The molecule has 0 aliphatic heterocycles. The first-order valence-corrected chi connectivity index (χ1v) is 12.6. The highest BCUT2D eigenvalue weighted by Crippen LogP contribution is 2.64. The third kappa shape index (κ3) is 4.28. The Bertz CT molecular complexity index is 525. The van der Waals surface area contributed by atoms with Crippen molar-refractivity contribution in [3.05, 3.63) is 34.3 Å². The molecule has 0 spiro atoms. The Hall–Kier alpha value is 0.0669. The van der Waals surface area contributed by atoms with Crippen LogP contribution in [0.4, 0.5) is 0 Å². The van der Waals surface area contributed by atoms with Gasteiger partial charge in [-0.15, -0.1) is 0 Å². The highest BCUT2D eigenvalue weighted by molar-refractivity contribution is 9.10. The van der Waals surface area contributed by atoms with Gasteiger partial charge in [-0.25, -0.2) is 0 Å². The van der Waals surface area contributed by atoms with Gasteiger partial charge >= 0.3 is 7.60 Å². The Labute approximate surface area is 133 Å². The van der Waals surface area contributed by atoms with Crippen molar-refractivity contribution in [2.24, 2.45) is 0 Å². The SMILES string of the molecule is [2H]C(c1ccccc1Br)([Si](C)(C)C)P(=O)(OCC)OCC. The van der Waals surface area contributed by atoms with Crippen LogP contribution >= 0.6 is 23.5 Å². The molecular formula is C14H24BrO3PSi. The monoisotopic (exact) mass is 379 g/mol. The van der Waals surface area contributed by atoms with E-state index in [0.29, 0.717) is 5.56 Å². The lowest BCUT2D eigenvalue weighted by Gasteiger charge is -2.35. The topological polar surface area (TPSA) is 35.5 Å². The zero-order valence-corrected chi connectivity index (χ0v) is 16.3. The van der Waals surface area contributed by atoms with Gasteiger partial charge in [-0.05, 0) is 25.5 Å². The second-order valence-electron chi connectivity index (χ2n) is 5.41. The van der Waals surface area contributed by atoms with Crippen LogP contribution in [-0.4, -0.2) is 21.3 Å². The summed E-state index contributed by atoms with van der Waals surface area (Å²) in [4.78, 5) is 0. The third-order valence-electron chi connectivity index (χ3n) is 2.71. The van der Waals surface area contributed by atoms with Gasteiger partial charge in [0.15, 0.2) is 0 Å². The van der Waals surface area contributed by atoms with Gasteiger partial charge in [0.05, 0.1) is 26.5 Å². The average Bonchev–Trinajstić information content (AvgIpc) is 2.37. The first kappa shape index (κ1) is 16.4. The molecule has 3 nitrogen and oxygen atoms in total. The van der Waals surface area contributed by atoms with Crippen LogP contribution in [0.1, 0.15) is 26.0 Å². The van der Waals surface area contributed by atoms with Gasteiger partial charge in [0.25, 0.3) is 0 Å². The lowest BCUT2D eigenvalue weighted by atomic mass is 10.2. The number of hydrogen-bond donors (Lipinski definition) is 0. The fraction of sp³-hybridized carbons (Fsp3) is 0.571. The van der Waals surface area contributed by atoms with Crippen LogP contribution in [0.25, 0.3) is 0 Å². The molecular weight excluding hydrogens is 355 g/mol. The maximum atomic E-state index is 13.4. The normalized spacial score (nSPS) is 16.6. The smallest absolute Gasteiger partial charge is 0.309 e. The zero-order valence-electron chi connectivity index (χ0n) is 13.8. The van der Waals surface area contributed by atoms with Crippen molar-refractivity contribution in [1.29, 1.82) is 0 Å². The number of benzene rings is 1. The largest absolute Gasteiger partial charge is 0.335 e. The van der Waals surface area contributed by atoms with Crippen molar-refractivity contribution in [3.8, 4) is 0 Å². The first-order chi connectivity index (χ1) is 9.64. The van der Waals surface area contributed by atoms with Crippen molar-refractivity contribution in [2.75, 3.05) is 13.2 Å². The molecule has 0 fully saturated rings. The lowest BCUT2D eigenvalue weighted by molar-refractivity contribution is 0.217. The molecule has 0 saturated heterocycles. The van der Waals surface area contributed by atoms with Gasteiger partial charge in [-0.2, -0.15) is 0 Å². The molecule has 0 aromatic heterocycles. The van der Waals surface area contributed by atoms with Crippen molar-refractivity contribution in [2.45, 2.75) is 38.7 Å². The van der Waals surface area contributed by atoms with E-state index in [1.165, 1.54) is 0 Å². The molecule has 0 aliphatic carbocycles. The Morgan fingerprint density at radius 1 is 1.25 bits per heavy atom. The van der Waals surface area contributed by atoms with E-state index in [-0.39, 0.29) is 13.2 Å². The molecule has 1 aromatic carbocycles. The summed E-state index contributed by atoms with van der Waals surface area (Å²) in [5.41, 5.74) is 0.675. The van der Waals surface area contributed by atoms with Crippen molar-refractivity contribution < 1.29 is 15.0 Å². The van der Waals surface area contributed by atoms with Crippen molar-refractivity contribution >= 4 is 31.6 Å². The molecule has 0 aliphatic rings. The quantitative estimate of drug-likeness (QED) is 0.454. The number of halogens is 1. The Morgan fingerprint density at radius 3 is 2.15 bits per heavy atom. The highest BCUT2D eigenvalue weighted by atomic mass is 79.9. The van der Waals surface area contributed by atoms with Crippen LogP contribution in [0.15, 0.2) is 28.7 Å². The van der Waals surface area contributed by atoms with Crippen LogP contribution in [0.3, 0.4) is 0 Å². The van der Waals surface area contributed by atoms with Crippen molar-refractivity contribution in [1.82, 2.24) is 0 Å². The number of hydrogen-bond acceptors (Lipinski definition) is 3. The molecule has 0 heterocycles. The number of rotatable bonds is 7. The zero-order chi connectivity index (χ0) is 16.3. The van der Waals surface area contributed by atoms with E-state index in [2.05, 4.69) is 15.9 Å². The maximum absolute atomic E-state index is 13.4. The van der Waals surface area contributed by atoms with Gasteiger partial charge < -0.3 is 9.05 Å². The van der Waals surface area contributed by atoms with E-state index in [0.717, 1.165) is 4.47 Å². The van der Waals surface area contributed by atoms with Gasteiger partial charge in [0.2, 0.25) is 0 Å². The van der Waals surface area contributed by atoms with E-state index in [4.69, 9.17) is 10.4 Å². The second kappa shape index (κ2) is 7.37. The van der Waals surface area contributed by atoms with Gasteiger partial charge in [0, 0.05) is 5.84 Å². The Balaban J connectivity index is 3.62. The first-order valence-electron chi connectivity index (χ1n) is 7.28. The summed E-state index contributed by atoms with van der Waals surface area (Å²) in [6.45, 7) is 10.1. The van der Waals surface area contributed by atoms with E-state index >= 15 is 0 Å². The molecule has 0 saturated carbocycles. The van der Waals surface area contributed by atoms with Crippen molar-refractivity contribution in [3.63, 3.8) is 0 Å². The summed E-state index contributed by atoms with van der Waals surface area (Å²) in [6, 6.07) is 7.43. The molecule has 0 bridgehead atoms. The summed E-state index contributed by atoms with van der Waals surface area (Å²) < 4.78 is 34.4. The summed E-state index contributed by atoms with van der Waals surface area (Å²) in [5, 5.41) is -1.37.